The highest BCUT2D eigenvalue weighted by molar-refractivity contribution is 5.90. The molecule has 0 spiro atoms. The second kappa shape index (κ2) is 5.65. The van der Waals surface area contributed by atoms with Crippen molar-refractivity contribution in [2.45, 2.75) is 78.2 Å². The standard InChI is InChI=1S/C21H30O4/c1-12(22)25-14-6-8-20(2)13(10-14)11-17(23)19-15-4-5-18(24)21(15,3)9-7-16(19)20/h13-16,19H,4-11H2,1-3H3/t13-,14+,15-,16+,19-,20+,21+/m1/s1. The van der Waals surface area contributed by atoms with Crippen LogP contribution in [0.5, 0.6) is 0 Å². The van der Waals surface area contributed by atoms with Crippen LogP contribution in [0, 0.1) is 34.5 Å². The van der Waals surface area contributed by atoms with Crippen LogP contribution in [0.2, 0.25) is 0 Å². The Morgan fingerprint density at radius 2 is 1.84 bits per heavy atom. The molecule has 0 aromatic heterocycles. The molecular formula is C21H30O4. The first-order chi connectivity index (χ1) is 11.8. The average Bonchev–Trinajstić information content (AvgIpc) is 2.84. The first-order valence-electron chi connectivity index (χ1n) is 9.99. The van der Waals surface area contributed by atoms with Crippen LogP contribution in [0.3, 0.4) is 0 Å². The predicted molar refractivity (Wildman–Crippen MR) is 92.7 cm³/mol. The molecule has 4 aliphatic carbocycles. The number of carbonyl (C=O) groups excluding carboxylic acids is 3. The summed E-state index contributed by atoms with van der Waals surface area (Å²) >= 11 is 0. The van der Waals surface area contributed by atoms with Crippen LogP contribution in [0.4, 0.5) is 0 Å². The summed E-state index contributed by atoms with van der Waals surface area (Å²) in [5.41, 5.74) is -0.100. The third-order valence-corrected chi connectivity index (χ3v) is 8.46. The summed E-state index contributed by atoms with van der Waals surface area (Å²) in [6.45, 7) is 5.95. The zero-order valence-corrected chi connectivity index (χ0v) is 15.7. The highest BCUT2D eigenvalue weighted by Crippen LogP contribution is 2.64. The molecule has 25 heavy (non-hydrogen) atoms. The molecule has 0 heterocycles. The molecule has 0 radical (unpaired) electrons. The average molecular weight is 346 g/mol. The van der Waals surface area contributed by atoms with Gasteiger partial charge >= 0.3 is 5.97 Å². The molecule has 138 valence electrons. The first kappa shape index (κ1) is 17.2. The zero-order chi connectivity index (χ0) is 18.0. The van der Waals surface area contributed by atoms with Crippen LogP contribution in [-0.4, -0.2) is 23.6 Å². The minimum atomic E-state index is -0.255. The summed E-state index contributed by atoms with van der Waals surface area (Å²) in [4.78, 5) is 36.9. The number of esters is 1. The monoisotopic (exact) mass is 346 g/mol. The summed E-state index contributed by atoms with van der Waals surface area (Å²) in [5.74, 6) is 1.61. The molecule has 0 saturated heterocycles. The van der Waals surface area contributed by atoms with Crippen molar-refractivity contribution in [2.24, 2.45) is 34.5 Å². The number of hydrogen-bond acceptors (Lipinski definition) is 4. The second-order valence-corrected chi connectivity index (χ2v) is 9.54. The molecule has 0 bridgehead atoms. The summed E-state index contributed by atoms with van der Waals surface area (Å²) in [7, 11) is 0. The molecule has 4 heteroatoms. The van der Waals surface area contributed by atoms with E-state index in [0.29, 0.717) is 36.2 Å². The fourth-order valence-corrected chi connectivity index (χ4v) is 7.01. The smallest absolute Gasteiger partial charge is 0.302 e. The third kappa shape index (κ3) is 2.43. The van der Waals surface area contributed by atoms with Crippen LogP contribution in [-0.2, 0) is 19.1 Å². The molecule has 4 rings (SSSR count). The topological polar surface area (TPSA) is 60.4 Å². The summed E-state index contributed by atoms with van der Waals surface area (Å²) in [6, 6.07) is 0. The number of ketones is 2. The fourth-order valence-electron chi connectivity index (χ4n) is 7.01. The van der Waals surface area contributed by atoms with Gasteiger partial charge in [0.15, 0.2) is 0 Å². The molecule has 0 aliphatic heterocycles. The lowest BCUT2D eigenvalue weighted by Gasteiger charge is -2.59. The van der Waals surface area contributed by atoms with Gasteiger partial charge in [0, 0.05) is 31.1 Å². The number of hydrogen-bond donors (Lipinski definition) is 0. The molecular weight excluding hydrogens is 316 g/mol. The molecule has 4 nitrogen and oxygen atoms in total. The van der Waals surface area contributed by atoms with Gasteiger partial charge in [-0.05, 0) is 61.7 Å². The Kier molecular flexibility index (Phi) is 3.90. The van der Waals surface area contributed by atoms with E-state index >= 15 is 0 Å². The molecule has 0 unspecified atom stereocenters. The van der Waals surface area contributed by atoms with Gasteiger partial charge < -0.3 is 4.74 Å². The van der Waals surface area contributed by atoms with Gasteiger partial charge in [-0.1, -0.05) is 13.8 Å². The van der Waals surface area contributed by atoms with Gasteiger partial charge in [-0.2, -0.15) is 0 Å². The van der Waals surface area contributed by atoms with E-state index in [-0.39, 0.29) is 34.7 Å². The van der Waals surface area contributed by atoms with Gasteiger partial charge in [-0.3, -0.25) is 14.4 Å². The van der Waals surface area contributed by atoms with Gasteiger partial charge in [0.05, 0.1) is 0 Å². The molecule has 4 saturated carbocycles. The van der Waals surface area contributed by atoms with Crippen LogP contribution in [0.1, 0.15) is 72.1 Å². The molecule has 0 aromatic carbocycles. The van der Waals surface area contributed by atoms with Gasteiger partial charge in [0.25, 0.3) is 0 Å². The molecule has 7 atom stereocenters. The summed E-state index contributed by atoms with van der Waals surface area (Å²) < 4.78 is 5.46. The Morgan fingerprint density at radius 1 is 1.08 bits per heavy atom. The van der Waals surface area contributed by atoms with Gasteiger partial charge in [0.2, 0.25) is 0 Å². The molecule has 4 aliphatic rings. The van der Waals surface area contributed by atoms with Crippen LogP contribution >= 0.6 is 0 Å². The van der Waals surface area contributed by atoms with E-state index < -0.39 is 0 Å². The molecule has 4 fully saturated rings. The maximum Gasteiger partial charge on any atom is 0.302 e. The van der Waals surface area contributed by atoms with Crippen molar-refractivity contribution in [1.82, 2.24) is 0 Å². The lowest BCUT2D eigenvalue weighted by atomic mass is 9.45. The van der Waals surface area contributed by atoms with Crippen LogP contribution in [0.25, 0.3) is 0 Å². The van der Waals surface area contributed by atoms with Crippen molar-refractivity contribution in [3.8, 4) is 0 Å². The molecule has 0 amide bonds. The maximum absolute atomic E-state index is 13.1. The Labute approximate surface area is 150 Å². The van der Waals surface area contributed by atoms with E-state index in [9.17, 15) is 14.4 Å². The Balaban J connectivity index is 1.60. The van der Waals surface area contributed by atoms with Crippen molar-refractivity contribution in [2.75, 3.05) is 0 Å². The lowest BCUT2D eigenvalue weighted by molar-refractivity contribution is -0.166. The largest absolute Gasteiger partial charge is 0.463 e. The fraction of sp³-hybridized carbons (Fsp3) is 0.857. The van der Waals surface area contributed by atoms with E-state index in [4.69, 9.17) is 4.74 Å². The Hall–Kier alpha value is -1.19. The SMILES string of the molecule is CC(=O)O[C@H]1CC[C@@]2(C)[C@@H](CC(=O)[C@@H]3[C@H]4CCC(=O)[C@@]4(C)CC[C@@H]32)C1. The second-order valence-electron chi connectivity index (χ2n) is 9.54. The minimum absolute atomic E-state index is 0.0261. The minimum Gasteiger partial charge on any atom is -0.463 e. The lowest BCUT2D eigenvalue weighted by Crippen LogP contribution is -2.57. The summed E-state index contributed by atoms with van der Waals surface area (Å²) in [6.07, 6.45) is 6.85. The van der Waals surface area contributed by atoms with Crippen molar-refractivity contribution >= 4 is 17.5 Å². The van der Waals surface area contributed by atoms with Gasteiger partial charge in [-0.25, -0.2) is 0 Å². The van der Waals surface area contributed by atoms with Crippen molar-refractivity contribution in [3.05, 3.63) is 0 Å². The van der Waals surface area contributed by atoms with Gasteiger partial charge in [0.1, 0.15) is 17.7 Å². The highest BCUT2D eigenvalue weighted by atomic mass is 16.5. The van der Waals surface area contributed by atoms with Crippen molar-refractivity contribution in [3.63, 3.8) is 0 Å². The number of carbonyl (C=O) groups is 3. The Bertz CT molecular complexity index is 625. The van der Waals surface area contributed by atoms with E-state index in [2.05, 4.69) is 13.8 Å². The maximum atomic E-state index is 13.1. The van der Waals surface area contributed by atoms with E-state index in [1.54, 1.807) is 0 Å². The number of Topliss-reactive ketones (excluding diaryl/α,β-unsaturated/α-hetero) is 2. The van der Waals surface area contributed by atoms with E-state index in [1.165, 1.54) is 6.92 Å². The van der Waals surface area contributed by atoms with E-state index in [0.717, 1.165) is 38.5 Å². The zero-order valence-electron chi connectivity index (χ0n) is 15.7. The van der Waals surface area contributed by atoms with Crippen molar-refractivity contribution in [1.29, 1.82) is 0 Å². The molecule has 0 aromatic rings. The normalized spacial score (nSPS) is 49.2. The Morgan fingerprint density at radius 3 is 2.56 bits per heavy atom. The molecule has 0 N–H and O–H groups in total. The van der Waals surface area contributed by atoms with E-state index in [1.807, 2.05) is 0 Å². The number of fused-ring (bicyclic) bond motifs is 5. The van der Waals surface area contributed by atoms with Crippen LogP contribution < -0.4 is 0 Å². The van der Waals surface area contributed by atoms with Gasteiger partial charge in [-0.15, -0.1) is 0 Å². The number of rotatable bonds is 1. The van der Waals surface area contributed by atoms with Crippen LogP contribution in [0.15, 0.2) is 0 Å². The quantitative estimate of drug-likeness (QED) is 0.679. The highest BCUT2D eigenvalue weighted by Gasteiger charge is 2.62. The summed E-state index contributed by atoms with van der Waals surface area (Å²) in [5, 5.41) is 0. The third-order valence-electron chi connectivity index (χ3n) is 8.46. The predicted octanol–water partition coefficient (Wildman–Crippen LogP) is 3.71. The van der Waals surface area contributed by atoms with Crippen molar-refractivity contribution < 1.29 is 19.1 Å². The number of ether oxygens (including phenoxy) is 1. The first-order valence-corrected chi connectivity index (χ1v) is 9.99.